The molecule has 0 bridgehead atoms. The van der Waals surface area contributed by atoms with Gasteiger partial charge in [-0.15, -0.1) is 0 Å². The van der Waals surface area contributed by atoms with Gasteiger partial charge in [-0.1, -0.05) is 19.1 Å². The van der Waals surface area contributed by atoms with Crippen molar-refractivity contribution >= 4 is 17.8 Å². The second kappa shape index (κ2) is 8.55. The van der Waals surface area contributed by atoms with Crippen LogP contribution in [0.1, 0.15) is 55.5 Å². The molecule has 1 aromatic carbocycles. The maximum Gasteiger partial charge on any atom is 0.338 e. The van der Waals surface area contributed by atoms with Gasteiger partial charge in [-0.25, -0.2) is 4.79 Å². The molecule has 0 spiro atoms. The molecule has 0 aliphatic carbocycles. The zero-order valence-corrected chi connectivity index (χ0v) is 16.1. The normalized spacial score (nSPS) is 19.3. The highest BCUT2D eigenvalue weighted by Crippen LogP contribution is 2.18. The molecule has 6 heteroatoms. The number of carbonyl (C=O) groups excluding carboxylic acids is 3. The Kier molecular flexibility index (Phi) is 6.14. The number of piperidine rings is 1. The van der Waals surface area contributed by atoms with Crippen molar-refractivity contribution in [1.82, 2.24) is 9.80 Å². The van der Waals surface area contributed by atoms with E-state index in [0.29, 0.717) is 24.4 Å². The van der Waals surface area contributed by atoms with E-state index < -0.39 is 12.1 Å². The third kappa shape index (κ3) is 4.87. The molecule has 0 aromatic heterocycles. The van der Waals surface area contributed by atoms with Gasteiger partial charge in [-0.2, -0.15) is 0 Å². The molecule has 1 unspecified atom stereocenters. The van der Waals surface area contributed by atoms with Crippen LogP contribution in [0.2, 0.25) is 0 Å². The van der Waals surface area contributed by atoms with Crippen LogP contribution in [0.25, 0.3) is 0 Å². The van der Waals surface area contributed by atoms with E-state index >= 15 is 0 Å². The van der Waals surface area contributed by atoms with Crippen LogP contribution < -0.4 is 0 Å². The van der Waals surface area contributed by atoms with Crippen LogP contribution in [-0.4, -0.2) is 53.3 Å². The predicted molar refractivity (Wildman–Crippen MR) is 101 cm³/mol. The Morgan fingerprint density at radius 2 is 1.81 bits per heavy atom. The van der Waals surface area contributed by atoms with Crippen molar-refractivity contribution in [2.45, 2.75) is 52.2 Å². The van der Waals surface area contributed by atoms with Crippen LogP contribution >= 0.6 is 0 Å². The van der Waals surface area contributed by atoms with E-state index in [4.69, 9.17) is 4.74 Å². The van der Waals surface area contributed by atoms with E-state index in [9.17, 15) is 14.4 Å². The van der Waals surface area contributed by atoms with Gasteiger partial charge < -0.3 is 14.5 Å². The molecule has 0 radical (unpaired) electrons. The molecule has 2 saturated heterocycles. The average molecular weight is 372 g/mol. The molecule has 27 heavy (non-hydrogen) atoms. The van der Waals surface area contributed by atoms with Gasteiger partial charge >= 0.3 is 5.97 Å². The SMILES string of the molecule is CC1CCN(C(=O)C(C)OC(=O)c2ccc(CN3CCCC3=O)cc2)CC1. The van der Waals surface area contributed by atoms with E-state index in [0.717, 1.165) is 44.5 Å². The molecule has 1 atom stereocenters. The summed E-state index contributed by atoms with van der Waals surface area (Å²) in [6, 6.07) is 7.05. The molecule has 1 aromatic rings. The number of carbonyl (C=O) groups is 3. The summed E-state index contributed by atoms with van der Waals surface area (Å²) in [4.78, 5) is 40.1. The van der Waals surface area contributed by atoms with Crippen LogP contribution in [0.3, 0.4) is 0 Å². The molecule has 146 valence electrons. The van der Waals surface area contributed by atoms with Gasteiger partial charge in [0.2, 0.25) is 5.91 Å². The van der Waals surface area contributed by atoms with Crippen molar-refractivity contribution in [3.8, 4) is 0 Å². The summed E-state index contributed by atoms with van der Waals surface area (Å²) in [5.74, 6) is 0.198. The number of rotatable bonds is 5. The fourth-order valence-electron chi connectivity index (χ4n) is 3.60. The third-order valence-corrected chi connectivity index (χ3v) is 5.46. The maximum atomic E-state index is 12.5. The van der Waals surface area contributed by atoms with E-state index in [2.05, 4.69) is 6.92 Å². The molecular weight excluding hydrogens is 344 g/mol. The molecular formula is C21H28N2O4. The molecule has 2 aliphatic heterocycles. The van der Waals surface area contributed by atoms with Crippen LogP contribution in [0.15, 0.2) is 24.3 Å². The van der Waals surface area contributed by atoms with Crippen molar-refractivity contribution in [1.29, 1.82) is 0 Å². The number of likely N-dealkylation sites (tertiary alicyclic amines) is 2. The second-order valence-corrected chi connectivity index (χ2v) is 7.67. The van der Waals surface area contributed by atoms with Crippen molar-refractivity contribution in [2.24, 2.45) is 5.92 Å². The quantitative estimate of drug-likeness (QED) is 0.745. The first-order chi connectivity index (χ1) is 12.9. The van der Waals surface area contributed by atoms with E-state index in [-0.39, 0.29) is 11.8 Å². The molecule has 2 aliphatic rings. The first kappa shape index (κ1) is 19.4. The maximum absolute atomic E-state index is 12.5. The Hall–Kier alpha value is -2.37. The monoisotopic (exact) mass is 372 g/mol. The Labute approximate surface area is 160 Å². The van der Waals surface area contributed by atoms with Gasteiger partial charge in [0.25, 0.3) is 5.91 Å². The minimum atomic E-state index is -0.784. The highest BCUT2D eigenvalue weighted by atomic mass is 16.5. The van der Waals surface area contributed by atoms with Gasteiger partial charge in [-0.05, 0) is 49.8 Å². The molecule has 3 rings (SSSR count). The van der Waals surface area contributed by atoms with Crippen LogP contribution in [0, 0.1) is 5.92 Å². The lowest BCUT2D eigenvalue weighted by Crippen LogP contribution is -2.44. The van der Waals surface area contributed by atoms with Gasteiger partial charge in [0, 0.05) is 32.6 Å². The second-order valence-electron chi connectivity index (χ2n) is 7.67. The highest BCUT2D eigenvalue weighted by Gasteiger charge is 2.27. The largest absolute Gasteiger partial charge is 0.449 e. The molecule has 2 heterocycles. The van der Waals surface area contributed by atoms with Gasteiger partial charge in [-0.3, -0.25) is 9.59 Å². The fourth-order valence-corrected chi connectivity index (χ4v) is 3.60. The summed E-state index contributed by atoms with van der Waals surface area (Å²) in [7, 11) is 0. The molecule has 2 amide bonds. The van der Waals surface area contributed by atoms with Crippen LogP contribution in [0.4, 0.5) is 0 Å². The number of amides is 2. The van der Waals surface area contributed by atoms with Crippen molar-refractivity contribution in [3.05, 3.63) is 35.4 Å². The number of esters is 1. The lowest BCUT2D eigenvalue weighted by atomic mass is 9.99. The summed E-state index contributed by atoms with van der Waals surface area (Å²) >= 11 is 0. The van der Waals surface area contributed by atoms with Crippen LogP contribution in [0.5, 0.6) is 0 Å². The van der Waals surface area contributed by atoms with Crippen LogP contribution in [-0.2, 0) is 20.9 Å². The summed E-state index contributed by atoms with van der Waals surface area (Å²) in [5.41, 5.74) is 1.40. The number of hydrogen-bond acceptors (Lipinski definition) is 4. The lowest BCUT2D eigenvalue weighted by Gasteiger charge is -2.31. The van der Waals surface area contributed by atoms with Crippen molar-refractivity contribution in [2.75, 3.05) is 19.6 Å². The summed E-state index contributed by atoms with van der Waals surface area (Å²) < 4.78 is 5.37. The highest BCUT2D eigenvalue weighted by molar-refractivity contribution is 5.92. The first-order valence-corrected chi connectivity index (χ1v) is 9.80. The Morgan fingerprint density at radius 3 is 2.41 bits per heavy atom. The minimum absolute atomic E-state index is 0.126. The summed E-state index contributed by atoms with van der Waals surface area (Å²) in [5, 5.41) is 0. The van der Waals surface area contributed by atoms with E-state index in [1.165, 1.54) is 0 Å². The standard InChI is InChI=1S/C21H28N2O4/c1-15-9-12-22(13-10-15)20(25)16(2)27-21(26)18-7-5-17(6-8-18)14-23-11-3-4-19(23)24/h5-8,15-16H,3-4,9-14H2,1-2H3. The summed E-state index contributed by atoms with van der Waals surface area (Å²) in [6.07, 6.45) is 2.73. The zero-order chi connectivity index (χ0) is 19.4. The van der Waals surface area contributed by atoms with E-state index in [1.54, 1.807) is 24.0 Å². The Balaban J connectivity index is 1.52. The molecule has 0 saturated carbocycles. The summed E-state index contributed by atoms with van der Waals surface area (Å²) in [6.45, 7) is 6.63. The number of nitrogens with zero attached hydrogens (tertiary/aromatic N) is 2. The third-order valence-electron chi connectivity index (χ3n) is 5.46. The van der Waals surface area contributed by atoms with Gasteiger partial charge in [0.1, 0.15) is 0 Å². The molecule has 6 nitrogen and oxygen atoms in total. The molecule has 2 fully saturated rings. The number of hydrogen-bond donors (Lipinski definition) is 0. The topological polar surface area (TPSA) is 66.9 Å². The van der Waals surface area contributed by atoms with Gasteiger partial charge in [0.05, 0.1) is 5.56 Å². The van der Waals surface area contributed by atoms with Crippen molar-refractivity contribution < 1.29 is 19.1 Å². The Morgan fingerprint density at radius 1 is 1.15 bits per heavy atom. The average Bonchev–Trinajstić information content (AvgIpc) is 3.07. The predicted octanol–water partition coefficient (Wildman–Crippen LogP) is 2.61. The first-order valence-electron chi connectivity index (χ1n) is 9.80. The smallest absolute Gasteiger partial charge is 0.338 e. The molecule has 0 N–H and O–H groups in total. The fraction of sp³-hybridized carbons (Fsp3) is 0.571. The lowest BCUT2D eigenvalue weighted by molar-refractivity contribution is -0.141. The number of ether oxygens (including phenoxy) is 1. The van der Waals surface area contributed by atoms with E-state index in [1.807, 2.05) is 17.0 Å². The number of benzene rings is 1. The minimum Gasteiger partial charge on any atom is -0.449 e. The van der Waals surface area contributed by atoms with Crippen molar-refractivity contribution in [3.63, 3.8) is 0 Å². The van der Waals surface area contributed by atoms with Gasteiger partial charge in [0.15, 0.2) is 6.10 Å². The zero-order valence-electron chi connectivity index (χ0n) is 16.1. The Bertz CT molecular complexity index is 693.